The molecule has 0 aliphatic rings. The maximum absolute atomic E-state index is 10.6. The summed E-state index contributed by atoms with van der Waals surface area (Å²) in [5.74, 6) is 0. The first-order valence-electron chi connectivity index (χ1n) is 13.2. The molecule has 8 rings (SSSR count). The molecule has 0 bridgehead atoms. The molecular formula is C37H21NO2. The van der Waals surface area contributed by atoms with E-state index in [0.29, 0.717) is 5.56 Å². The van der Waals surface area contributed by atoms with Crippen LogP contribution in [0.1, 0.15) is 5.56 Å². The highest BCUT2D eigenvalue weighted by molar-refractivity contribution is 6.08. The van der Waals surface area contributed by atoms with Crippen molar-refractivity contribution >= 4 is 43.9 Å². The van der Waals surface area contributed by atoms with Gasteiger partial charge in [0.1, 0.15) is 28.4 Å². The molecule has 6 aromatic carbocycles. The van der Waals surface area contributed by atoms with Crippen LogP contribution in [0.4, 0.5) is 0 Å². The fourth-order valence-electron chi connectivity index (χ4n) is 5.89. The normalized spacial score (nSPS) is 11.5. The Bertz CT molecular complexity index is 2280. The zero-order valence-electron chi connectivity index (χ0n) is 21.4. The van der Waals surface area contributed by atoms with Gasteiger partial charge in [-0.3, -0.25) is 0 Å². The molecule has 0 atom stereocenters. The molecule has 40 heavy (non-hydrogen) atoms. The molecular weight excluding hydrogens is 490 g/mol. The summed E-state index contributed by atoms with van der Waals surface area (Å²) < 4.78 is 12.1. The number of fused-ring (bicyclic) bond motifs is 6. The molecule has 0 aliphatic heterocycles. The van der Waals surface area contributed by atoms with Gasteiger partial charge in [0.25, 0.3) is 0 Å². The summed E-state index contributed by atoms with van der Waals surface area (Å²) in [6.07, 6.45) is 0. The van der Waals surface area contributed by atoms with Crippen LogP contribution in [0.5, 0.6) is 0 Å². The summed E-state index contributed by atoms with van der Waals surface area (Å²) in [7, 11) is 0. The Balaban J connectivity index is 1.39. The number of nitriles is 1. The van der Waals surface area contributed by atoms with Crippen molar-refractivity contribution in [3.8, 4) is 39.4 Å². The lowest BCUT2D eigenvalue weighted by molar-refractivity contribution is 0.668. The molecule has 3 heteroatoms. The summed E-state index contributed by atoms with van der Waals surface area (Å²) in [5.41, 5.74) is 9.91. The fourth-order valence-corrected chi connectivity index (χ4v) is 5.89. The van der Waals surface area contributed by atoms with Crippen molar-refractivity contribution < 1.29 is 8.83 Å². The lowest BCUT2D eigenvalue weighted by Crippen LogP contribution is -1.94. The summed E-state index contributed by atoms with van der Waals surface area (Å²) >= 11 is 0. The molecule has 2 aromatic heterocycles. The second kappa shape index (κ2) is 8.73. The van der Waals surface area contributed by atoms with Gasteiger partial charge in [-0.1, -0.05) is 91.0 Å². The van der Waals surface area contributed by atoms with Crippen LogP contribution >= 0.6 is 0 Å². The molecule has 0 amide bonds. The second-order valence-corrected chi connectivity index (χ2v) is 10.0. The first-order chi connectivity index (χ1) is 19.8. The molecule has 0 saturated carbocycles. The highest BCUT2D eigenvalue weighted by Gasteiger charge is 2.19. The molecule has 0 fully saturated rings. The molecule has 0 unspecified atom stereocenters. The number of rotatable bonds is 3. The van der Waals surface area contributed by atoms with Gasteiger partial charge < -0.3 is 8.83 Å². The Kier molecular flexibility index (Phi) is 4.89. The minimum atomic E-state index is 0.646. The van der Waals surface area contributed by atoms with Crippen molar-refractivity contribution in [1.82, 2.24) is 0 Å². The van der Waals surface area contributed by atoms with Gasteiger partial charge in [-0.15, -0.1) is 0 Å². The zero-order chi connectivity index (χ0) is 26.6. The molecule has 0 spiro atoms. The third-order valence-electron chi connectivity index (χ3n) is 7.76. The van der Waals surface area contributed by atoms with Crippen LogP contribution < -0.4 is 0 Å². The van der Waals surface area contributed by atoms with E-state index in [1.165, 1.54) is 0 Å². The Morgan fingerprint density at radius 2 is 0.925 bits per heavy atom. The monoisotopic (exact) mass is 511 g/mol. The minimum absolute atomic E-state index is 0.646. The van der Waals surface area contributed by atoms with Crippen LogP contribution in [0.3, 0.4) is 0 Å². The van der Waals surface area contributed by atoms with Gasteiger partial charge in [0.2, 0.25) is 0 Å². The van der Waals surface area contributed by atoms with Gasteiger partial charge in [-0.25, -0.2) is 0 Å². The zero-order valence-corrected chi connectivity index (χ0v) is 21.4. The topological polar surface area (TPSA) is 50.1 Å². The standard InChI is InChI=1S/C37H21NO2/c38-22-32-26(24-14-18-35-30(20-24)28-10-4-6-12-33(28)39-35)16-17-27(37(32)23-8-2-1-3-9-23)25-15-19-36-31(21-25)29-11-5-7-13-34(29)40-36/h1-21H. The third-order valence-corrected chi connectivity index (χ3v) is 7.76. The van der Waals surface area contributed by atoms with Crippen LogP contribution in [0.25, 0.3) is 77.3 Å². The molecule has 0 saturated heterocycles. The Morgan fingerprint density at radius 3 is 1.52 bits per heavy atom. The van der Waals surface area contributed by atoms with Gasteiger partial charge in [0.05, 0.1) is 5.56 Å². The smallest absolute Gasteiger partial charge is 0.135 e. The predicted molar refractivity (Wildman–Crippen MR) is 162 cm³/mol. The highest BCUT2D eigenvalue weighted by Crippen LogP contribution is 2.42. The van der Waals surface area contributed by atoms with E-state index in [2.05, 4.69) is 60.7 Å². The van der Waals surface area contributed by atoms with E-state index in [-0.39, 0.29) is 0 Å². The lowest BCUT2D eigenvalue weighted by atomic mass is 9.86. The van der Waals surface area contributed by atoms with E-state index < -0.39 is 0 Å². The van der Waals surface area contributed by atoms with Crippen molar-refractivity contribution in [2.45, 2.75) is 0 Å². The van der Waals surface area contributed by atoms with Crippen LogP contribution in [0.15, 0.2) is 136 Å². The van der Waals surface area contributed by atoms with Crippen molar-refractivity contribution in [2.75, 3.05) is 0 Å². The number of para-hydroxylation sites is 2. The number of furan rings is 2. The lowest BCUT2D eigenvalue weighted by Gasteiger charge is -2.16. The van der Waals surface area contributed by atoms with Gasteiger partial charge in [0, 0.05) is 32.7 Å². The van der Waals surface area contributed by atoms with Crippen LogP contribution in [-0.2, 0) is 0 Å². The SMILES string of the molecule is N#Cc1c(-c2ccc3oc4ccccc4c3c2)ccc(-c2ccc3oc4ccccc4c3c2)c1-c1ccccc1. The van der Waals surface area contributed by atoms with Crippen molar-refractivity contribution in [1.29, 1.82) is 5.26 Å². The van der Waals surface area contributed by atoms with Gasteiger partial charge >= 0.3 is 0 Å². The molecule has 3 nitrogen and oxygen atoms in total. The third kappa shape index (κ3) is 3.37. The summed E-state index contributed by atoms with van der Waals surface area (Å²) in [6.45, 7) is 0. The van der Waals surface area contributed by atoms with Crippen molar-refractivity contribution in [3.63, 3.8) is 0 Å². The molecule has 0 N–H and O–H groups in total. The minimum Gasteiger partial charge on any atom is -0.456 e. The second-order valence-electron chi connectivity index (χ2n) is 10.0. The average molecular weight is 512 g/mol. The van der Waals surface area contributed by atoms with Gasteiger partial charge in [-0.2, -0.15) is 5.26 Å². The molecule has 8 aromatic rings. The Hall–Kier alpha value is -5.59. The van der Waals surface area contributed by atoms with E-state index in [1.54, 1.807) is 0 Å². The maximum Gasteiger partial charge on any atom is 0.135 e. The number of hydrogen-bond donors (Lipinski definition) is 0. The van der Waals surface area contributed by atoms with E-state index in [9.17, 15) is 5.26 Å². The number of benzene rings is 6. The highest BCUT2D eigenvalue weighted by atomic mass is 16.3. The average Bonchev–Trinajstić information content (AvgIpc) is 3.58. The van der Waals surface area contributed by atoms with Crippen LogP contribution in [0.2, 0.25) is 0 Å². The van der Waals surface area contributed by atoms with E-state index in [1.807, 2.05) is 72.8 Å². The fraction of sp³-hybridized carbons (Fsp3) is 0. The summed E-state index contributed by atoms with van der Waals surface area (Å²) in [4.78, 5) is 0. The van der Waals surface area contributed by atoms with E-state index in [0.717, 1.165) is 77.3 Å². The number of nitrogens with zero attached hydrogens (tertiary/aromatic N) is 1. The Labute approximate surface area is 230 Å². The first-order valence-corrected chi connectivity index (χ1v) is 13.2. The van der Waals surface area contributed by atoms with Gasteiger partial charge in [0.15, 0.2) is 0 Å². The molecule has 186 valence electrons. The van der Waals surface area contributed by atoms with Gasteiger partial charge in [-0.05, 0) is 58.7 Å². The molecule has 2 heterocycles. The largest absolute Gasteiger partial charge is 0.456 e. The van der Waals surface area contributed by atoms with Crippen molar-refractivity contribution in [3.05, 3.63) is 133 Å². The van der Waals surface area contributed by atoms with Crippen molar-refractivity contribution in [2.24, 2.45) is 0 Å². The quantitative estimate of drug-likeness (QED) is 0.237. The maximum atomic E-state index is 10.6. The van der Waals surface area contributed by atoms with E-state index in [4.69, 9.17) is 8.83 Å². The summed E-state index contributed by atoms with van der Waals surface area (Å²) in [5, 5.41) is 14.9. The predicted octanol–water partition coefficient (Wildman–Crippen LogP) is 10.4. The summed E-state index contributed by atoms with van der Waals surface area (Å²) in [6, 6.07) is 45.6. The number of hydrogen-bond acceptors (Lipinski definition) is 3. The van der Waals surface area contributed by atoms with Crippen LogP contribution in [0, 0.1) is 11.3 Å². The molecule has 0 aliphatic carbocycles. The molecule has 0 radical (unpaired) electrons. The van der Waals surface area contributed by atoms with E-state index >= 15 is 0 Å². The first kappa shape index (κ1) is 22.4. The van der Waals surface area contributed by atoms with Crippen LogP contribution in [-0.4, -0.2) is 0 Å². The Morgan fingerprint density at radius 1 is 0.425 bits per heavy atom.